The Hall–Kier alpha value is -3.88. The maximum atomic E-state index is 9.95. The fourth-order valence-electron chi connectivity index (χ4n) is 4.99. The van der Waals surface area contributed by atoms with Crippen LogP contribution in [0.15, 0.2) is 73.2 Å². The molecular formula is C32H40N6O2. The van der Waals surface area contributed by atoms with Gasteiger partial charge in [-0.1, -0.05) is 51.1 Å². The van der Waals surface area contributed by atoms with Gasteiger partial charge >= 0.3 is 0 Å². The maximum Gasteiger partial charge on any atom is 0.135 e. The Labute approximate surface area is 236 Å². The lowest BCUT2D eigenvalue weighted by molar-refractivity contribution is 0.184. The Balaban J connectivity index is 1.34. The number of piperidine rings is 1. The third-order valence-electron chi connectivity index (χ3n) is 7.50. The smallest absolute Gasteiger partial charge is 0.135 e. The minimum Gasteiger partial charge on any atom is -0.492 e. The van der Waals surface area contributed by atoms with E-state index in [-0.39, 0.29) is 6.61 Å². The largest absolute Gasteiger partial charge is 0.492 e. The van der Waals surface area contributed by atoms with E-state index in [2.05, 4.69) is 39.2 Å². The number of anilines is 2. The topological polar surface area (TPSA) is 87.5 Å². The van der Waals surface area contributed by atoms with E-state index in [4.69, 9.17) is 9.84 Å². The number of aliphatic hydroxyl groups excluding tert-OH is 1. The van der Waals surface area contributed by atoms with Gasteiger partial charge in [0.2, 0.25) is 0 Å². The highest BCUT2D eigenvalue weighted by Gasteiger charge is 2.25. The standard InChI is InChI=1S/C32H40N6O2/c1-23-12-13-25(21-33-23)38-31(20-30(36-38)32(3,4)22-39)35-24(2)34-28-14-15-29(27-11-7-6-10-26(27)28)40-19-18-37-16-8-5-9-17-37/h6-7,10-15,20-21,34-35,39H,2,5,8-9,16-19,22H2,1,3-4H3. The molecule has 0 spiro atoms. The van der Waals surface area contributed by atoms with Crippen LogP contribution in [0.1, 0.15) is 44.5 Å². The van der Waals surface area contributed by atoms with Crippen LogP contribution in [0.25, 0.3) is 16.5 Å². The van der Waals surface area contributed by atoms with Crippen molar-refractivity contribution in [3.63, 3.8) is 0 Å². The average molecular weight is 541 g/mol. The summed E-state index contributed by atoms with van der Waals surface area (Å²) in [5.74, 6) is 2.21. The van der Waals surface area contributed by atoms with Crippen LogP contribution in [0.2, 0.25) is 0 Å². The molecule has 1 aliphatic heterocycles. The first-order valence-electron chi connectivity index (χ1n) is 14.1. The molecule has 210 valence electrons. The van der Waals surface area contributed by atoms with Crippen LogP contribution < -0.4 is 15.4 Å². The lowest BCUT2D eigenvalue weighted by atomic mass is 9.91. The minimum atomic E-state index is -0.505. The number of ether oxygens (including phenoxy) is 1. The van der Waals surface area contributed by atoms with E-state index in [9.17, 15) is 5.11 Å². The molecule has 0 atom stereocenters. The highest BCUT2D eigenvalue weighted by Crippen LogP contribution is 2.33. The molecule has 8 nitrogen and oxygen atoms in total. The summed E-state index contributed by atoms with van der Waals surface area (Å²) in [6, 6.07) is 18.2. The fourth-order valence-corrected chi connectivity index (χ4v) is 4.99. The lowest BCUT2D eigenvalue weighted by Crippen LogP contribution is -2.33. The molecule has 40 heavy (non-hydrogen) atoms. The van der Waals surface area contributed by atoms with Crippen molar-refractivity contribution in [3.05, 3.63) is 84.6 Å². The zero-order chi connectivity index (χ0) is 28.1. The first kappa shape index (κ1) is 27.7. The molecule has 0 aliphatic carbocycles. The van der Waals surface area contributed by atoms with Gasteiger partial charge in [0.15, 0.2) is 0 Å². The first-order chi connectivity index (χ1) is 19.3. The van der Waals surface area contributed by atoms with Gasteiger partial charge in [-0.25, -0.2) is 4.68 Å². The third kappa shape index (κ3) is 6.29. The molecule has 5 rings (SSSR count). The normalized spacial score (nSPS) is 14.3. The van der Waals surface area contributed by atoms with Crippen molar-refractivity contribution in [2.45, 2.75) is 45.4 Å². The van der Waals surface area contributed by atoms with E-state index in [1.807, 2.05) is 63.2 Å². The fraction of sp³-hybridized carbons (Fsp3) is 0.375. The van der Waals surface area contributed by atoms with Crippen LogP contribution in [0.4, 0.5) is 11.5 Å². The molecule has 2 aromatic heterocycles. The quantitative estimate of drug-likeness (QED) is 0.220. The van der Waals surface area contributed by atoms with Crippen molar-refractivity contribution < 1.29 is 9.84 Å². The molecule has 2 aromatic carbocycles. The van der Waals surface area contributed by atoms with E-state index < -0.39 is 5.41 Å². The molecule has 3 N–H and O–H groups in total. The zero-order valence-electron chi connectivity index (χ0n) is 23.8. The second kappa shape index (κ2) is 12.1. The number of pyridine rings is 1. The van der Waals surface area contributed by atoms with Crippen molar-refractivity contribution in [1.82, 2.24) is 19.7 Å². The number of aliphatic hydroxyl groups is 1. The highest BCUT2D eigenvalue weighted by molar-refractivity contribution is 5.98. The van der Waals surface area contributed by atoms with Crippen molar-refractivity contribution in [2.24, 2.45) is 0 Å². The number of hydrogen-bond acceptors (Lipinski definition) is 7. The van der Waals surface area contributed by atoms with Gasteiger partial charge in [0.25, 0.3) is 0 Å². The number of aryl methyl sites for hydroxylation is 1. The van der Waals surface area contributed by atoms with Crippen LogP contribution in [0, 0.1) is 6.92 Å². The SMILES string of the molecule is C=C(Nc1ccc(OCCN2CCCCC2)c2ccccc12)Nc1cc(C(C)(C)CO)nn1-c1ccc(C)nc1. The van der Waals surface area contributed by atoms with Crippen LogP contribution in [0.3, 0.4) is 0 Å². The summed E-state index contributed by atoms with van der Waals surface area (Å²) in [4.78, 5) is 6.92. The Morgan fingerprint density at radius 1 is 1.02 bits per heavy atom. The second-order valence-electron chi connectivity index (χ2n) is 11.2. The highest BCUT2D eigenvalue weighted by atomic mass is 16.5. The van der Waals surface area contributed by atoms with Gasteiger partial charge in [-0.3, -0.25) is 9.88 Å². The van der Waals surface area contributed by atoms with Crippen LogP contribution in [-0.4, -0.2) is 57.6 Å². The molecule has 0 amide bonds. The molecule has 1 fully saturated rings. The molecule has 0 saturated carbocycles. The summed E-state index contributed by atoms with van der Waals surface area (Å²) < 4.78 is 8.05. The van der Waals surface area contributed by atoms with E-state index in [0.717, 1.165) is 51.6 Å². The summed E-state index contributed by atoms with van der Waals surface area (Å²) in [5.41, 5.74) is 2.93. The minimum absolute atomic E-state index is 0.0206. The molecule has 3 heterocycles. The second-order valence-corrected chi connectivity index (χ2v) is 11.2. The van der Waals surface area contributed by atoms with E-state index in [1.165, 1.54) is 32.4 Å². The number of aromatic nitrogens is 3. The number of hydrogen-bond donors (Lipinski definition) is 3. The Kier molecular flexibility index (Phi) is 8.38. The summed E-state index contributed by atoms with van der Waals surface area (Å²) in [6.45, 7) is 14.1. The number of benzene rings is 2. The monoisotopic (exact) mass is 540 g/mol. The molecule has 1 saturated heterocycles. The average Bonchev–Trinajstić information content (AvgIpc) is 3.39. The van der Waals surface area contributed by atoms with Gasteiger partial charge in [0.05, 0.1) is 24.2 Å². The summed E-state index contributed by atoms with van der Waals surface area (Å²) in [5, 5.41) is 23.7. The zero-order valence-corrected chi connectivity index (χ0v) is 23.8. The van der Waals surface area contributed by atoms with Crippen LogP contribution in [-0.2, 0) is 5.41 Å². The van der Waals surface area contributed by atoms with Crippen LogP contribution in [0.5, 0.6) is 5.75 Å². The predicted molar refractivity (Wildman–Crippen MR) is 162 cm³/mol. The number of fused-ring (bicyclic) bond motifs is 1. The first-order valence-corrected chi connectivity index (χ1v) is 14.1. The summed E-state index contributed by atoms with van der Waals surface area (Å²) in [6.07, 6.45) is 5.69. The van der Waals surface area contributed by atoms with Gasteiger partial charge in [0.1, 0.15) is 24.0 Å². The molecule has 0 radical (unpaired) electrons. The van der Waals surface area contributed by atoms with Crippen LogP contribution >= 0.6 is 0 Å². The Morgan fingerprint density at radius 2 is 1.80 bits per heavy atom. The Morgan fingerprint density at radius 3 is 2.52 bits per heavy atom. The third-order valence-corrected chi connectivity index (χ3v) is 7.50. The van der Waals surface area contributed by atoms with Gasteiger partial charge in [-0.2, -0.15) is 5.10 Å². The summed E-state index contributed by atoms with van der Waals surface area (Å²) in [7, 11) is 0. The van der Waals surface area contributed by atoms with Crippen molar-refractivity contribution in [1.29, 1.82) is 0 Å². The molecule has 8 heteroatoms. The van der Waals surface area contributed by atoms with Gasteiger partial charge in [-0.15, -0.1) is 0 Å². The number of rotatable bonds is 11. The van der Waals surface area contributed by atoms with Crippen molar-refractivity contribution >= 4 is 22.3 Å². The number of nitrogens with one attached hydrogen (secondary N) is 2. The molecule has 0 bridgehead atoms. The Bertz CT molecular complexity index is 1450. The van der Waals surface area contributed by atoms with Crippen molar-refractivity contribution in [2.75, 3.05) is 43.5 Å². The predicted octanol–water partition coefficient (Wildman–Crippen LogP) is 5.86. The van der Waals surface area contributed by atoms with Crippen molar-refractivity contribution in [3.8, 4) is 11.4 Å². The van der Waals surface area contributed by atoms with Gasteiger partial charge in [0, 0.05) is 40.2 Å². The number of likely N-dealkylation sites (tertiary alicyclic amines) is 1. The van der Waals surface area contributed by atoms with E-state index in [0.29, 0.717) is 12.4 Å². The van der Waals surface area contributed by atoms with Gasteiger partial charge in [-0.05, 0) is 57.1 Å². The molecule has 1 aliphatic rings. The molecular weight excluding hydrogens is 500 g/mol. The maximum absolute atomic E-state index is 9.95. The molecule has 0 unspecified atom stereocenters. The number of nitrogens with zero attached hydrogens (tertiary/aromatic N) is 4. The van der Waals surface area contributed by atoms with Gasteiger partial charge < -0.3 is 20.5 Å². The van der Waals surface area contributed by atoms with E-state index >= 15 is 0 Å². The summed E-state index contributed by atoms with van der Waals surface area (Å²) >= 11 is 0. The lowest BCUT2D eigenvalue weighted by Gasteiger charge is -2.26. The molecule has 4 aromatic rings. The van der Waals surface area contributed by atoms with E-state index in [1.54, 1.807) is 10.9 Å².